The Labute approximate surface area is 108 Å². The van der Waals surface area contributed by atoms with Crippen LogP contribution in [0.25, 0.3) is 0 Å². The van der Waals surface area contributed by atoms with Gasteiger partial charge in [-0.05, 0) is 51.5 Å². The summed E-state index contributed by atoms with van der Waals surface area (Å²) in [5.41, 5.74) is 2.40. The smallest absolute Gasteiger partial charge is 0.129 e. The van der Waals surface area contributed by atoms with Crippen LogP contribution in [0.4, 0.5) is 5.69 Å². The third kappa shape index (κ3) is 2.90. The molecule has 0 atom stereocenters. The number of anilines is 1. The van der Waals surface area contributed by atoms with Gasteiger partial charge in [-0.15, -0.1) is 0 Å². The number of likely N-dealkylation sites (tertiary alicyclic amines) is 1. The minimum atomic E-state index is 0.572. The zero-order chi connectivity index (χ0) is 12.4. The lowest BCUT2D eigenvalue weighted by atomic mass is 10.0. The van der Waals surface area contributed by atoms with Crippen molar-refractivity contribution in [3.63, 3.8) is 0 Å². The Hall–Kier alpha value is -0.800. The van der Waals surface area contributed by atoms with Gasteiger partial charge in [-0.25, -0.2) is 4.98 Å². The lowest BCUT2D eigenvalue weighted by molar-refractivity contribution is 0.252. The van der Waals surface area contributed by atoms with E-state index in [1.807, 2.05) is 12.3 Å². The summed E-state index contributed by atoms with van der Waals surface area (Å²) in [6.07, 6.45) is 4.32. The molecule has 0 aromatic carbocycles. The van der Waals surface area contributed by atoms with Crippen LogP contribution in [0, 0.1) is 6.92 Å². The van der Waals surface area contributed by atoms with Crippen molar-refractivity contribution in [2.24, 2.45) is 0 Å². The Morgan fingerprint density at radius 3 is 2.65 bits per heavy atom. The monoisotopic (exact) mass is 253 g/mol. The summed E-state index contributed by atoms with van der Waals surface area (Å²) < 4.78 is 0. The summed E-state index contributed by atoms with van der Waals surface area (Å²) in [7, 11) is 4.35. The average Bonchev–Trinajstić information content (AvgIpc) is 2.29. The second kappa shape index (κ2) is 5.23. The van der Waals surface area contributed by atoms with Gasteiger partial charge in [0.2, 0.25) is 0 Å². The van der Waals surface area contributed by atoms with E-state index in [0.717, 1.165) is 0 Å². The molecule has 0 radical (unpaired) electrons. The van der Waals surface area contributed by atoms with Crippen molar-refractivity contribution in [3.05, 3.63) is 23.0 Å². The molecule has 94 valence electrons. The molecule has 0 N–H and O–H groups in total. The van der Waals surface area contributed by atoms with Gasteiger partial charge in [0.1, 0.15) is 5.15 Å². The normalized spacial score (nSPS) is 18.4. The molecular weight excluding hydrogens is 234 g/mol. The van der Waals surface area contributed by atoms with E-state index in [1.54, 1.807) is 0 Å². The van der Waals surface area contributed by atoms with Crippen molar-refractivity contribution >= 4 is 17.3 Å². The molecule has 0 aliphatic carbocycles. The fraction of sp³-hybridized carbons (Fsp3) is 0.615. The molecule has 0 spiro atoms. The van der Waals surface area contributed by atoms with Crippen LogP contribution < -0.4 is 4.90 Å². The van der Waals surface area contributed by atoms with Crippen LogP contribution in [0.3, 0.4) is 0 Å². The third-order valence-electron chi connectivity index (χ3n) is 3.67. The van der Waals surface area contributed by atoms with E-state index in [-0.39, 0.29) is 0 Å². The molecule has 0 unspecified atom stereocenters. The van der Waals surface area contributed by atoms with Gasteiger partial charge in [0, 0.05) is 13.1 Å². The standard InChI is InChI=1S/C13H20ClN3/c1-10-8-13(14)15-9-12(10)17(3)11-4-6-16(2)7-5-11/h8-9,11H,4-7H2,1-3H3. The van der Waals surface area contributed by atoms with Crippen molar-refractivity contribution < 1.29 is 0 Å². The fourth-order valence-electron chi connectivity index (χ4n) is 2.46. The molecule has 1 aliphatic rings. The van der Waals surface area contributed by atoms with Crippen LogP contribution in [-0.4, -0.2) is 43.1 Å². The van der Waals surface area contributed by atoms with E-state index < -0.39 is 0 Å². The molecule has 0 bridgehead atoms. The van der Waals surface area contributed by atoms with Gasteiger partial charge in [0.15, 0.2) is 0 Å². The number of hydrogen-bond acceptors (Lipinski definition) is 3. The van der Waals surface area contributed by atoms with E-state index >= 15 is 0 Å². The van der Waals surface area contributed by atoms with Gasteiger partial charge in [0.05, 0.1) is 11.9 Å². The highest BCUT2D eigenvalue weighted by atomic mass is 35.5. The number of piperidine rings is 1. The van der Waals surface area contributed by atoms with Gasteiger partial charge >= 0.3 is 0 Å². The molecule has 0 amide bonds. The molecule has 1 aliphatic heterocycles. The number of rotatable bonds is 2. The lowest BCUT2D eigenvalue weighted by Gasteiger charge is -2.36. The second-order valence-electron chi connectivity index (χ2n) is 4.94. The summed E-state index contributed by atoms with van der Waals surface area (Å²) >= 11 is 5.89. The average molecular weight is 254 g/mol. The quantitative estimate of drug-likeness (QED) is 0.756. The largest absolute Gasteiger partial charge is 0.370 e. The highest BCUT2D eigenvalue weighted by Gasteiger charge is 2.21. The maximum absolute atomic E-state index is 5.89. The zero-order valence-corrected chi connectivity index (χ0v) is 11.5. The zero-order valence-electron chi connectivity index (χ0n) is 10.8. The molecule has 1 aromatic rings. The highest BCUT2D eigenvalue weighted by Crippen LogP contribution is 2.25. The second-order valence-corrected chi connectivity index (χ2v) is 5.33. The van der Waals surface area contributed by atoms with Crippen molar-refractivity contribution in [1.29, 1.82) is 0 Å². The number of aryl methyl sites for hydroxylation is 1. The topological polar surface area (TPSA) is 19.4 Å². The minimum Gasteiger partial charge on any atom is -0.370 e. The van der Waals surface area contributed by atoms with Crippen LogP contribution in [0.15, 0.2) is 12.3 Å². The van der Waals surface area contributed by atoms with E-state index in [0.29, 0.717) is 11.2 Å². The van der Waals surface area contributed by atoms with Crippen molar-refractivity contribution in [2.75, 3.05) is 32.1 Å². The van der Waals surface area contributed by atoms with Crippen LogP contribution in [0.5, 0.6) is 0 Å². The summed E-state index contributed by atoms with van der Waals surface area (Å²) in [6, 6.07) is 2.55. The van der Waals surface area contributed by atoms with Gasteiger partial charge in [0.25, 0.3) is 0 Å². The van der Waals surface area contributed by atoms with E-state index in [4.69, 9.17) is 11.6 Å². The van der Waals surface area contributed by atoms with Gasteiger partial charge in [-0.3, -0.25) is 0 Å². The molecule has 0 saturated carbocycles. The first-order valence-electron chi connectivity index (χ1n) is 6.11. The Morgan fingerprint density at radius 2 is 2.06 bits per heavy atom. The summed E-state index contributed by atoms with van der Waals surface area (Å²) in [5.74, 6) is 0. The molecular formula is C13H20ClN3. The Morgan fingerprint density at radius 1 is 1.41 bits per heavy atom. The first-order chi connectivity index (χ1) is 8.08. The maximum Gasteiger partial charge on any atom is 0.129 e. The number of hydrogen-bond donors (Lipinski definition) is 0. The Bertz CT molecular complexity index is 386. The molecule has 1 fully saturated rings. The van der Waals surface area contributed by atoms with Crippen LogP contribution in [0.2, 0.25) is 5.15 Å². The van der Waals surface area contributed by atoms with Crippen molar-refractivity contribution in [1.82, 2.24) is 9.88 Å². The van der Waals surface area contributed by atoms with Gasteiger partial charge in [-0.1, -0.05) is 11.6 Å². The SMILES string of the molecule is Cc1cc(Cl)ncc1N(C)C1CCN(C)CC1. The third-order valence-corrected chi connectivity index (χ3v) is 3.87. The molecule has 1 aromatic heterocycles. The van der Waals surface area contributed by atoms with Crippen LogP contribution >= 0.6 is 11.6 Å². The molecule has 1 saturated heterocycles. The Kier molecular flexibility index (Phi) is 3.89. The predicted octanol–water partition coefficient (Wildman–Crippen LogP) is 2.57. The molecule has 17 heavy (non-hydrogen) atoms. The predicted molar refractivity (Wildman–Crippen MR) is 72.9 cm³/mol. The number of nitrogens with zero attached hydrogens (tertiary/aromatic N) is 3. The molecule has 3 nitrogen and oxygen atoms in total. The number of halogens is 1. The summed E-state index contributed by atoms with van der Waals surface area (Å²) in [6.45, 7) is 4.44. The van der Waals surface area contributed by atoms with E-state index in [1.165, 1.54) is 37.2 Å². The van der Waals surface area contributed by atoms with Gasteiger partial charge < -0.3 is 9.80 Å². The van der Waals surface area contributed by atoms with Crippen molar-refractivity contribution in [2.45, 2.75) is 25.8 Å². The van der Waals surface area contributed by atoms with Crippen LogP contribution in [0.1, 0.15) is 18.4 Å². The summed E-state index contributed by atoms with van der Waals surface area (Å²) in [4.78, 5) is 8.92. The molecule has 4 heteroatoms. The first-order valence-corrected chi connectivity index (χ1v) is 6.49. The lowest BCUT2D eigenvalue weighted by Crippen LogP contribution is -2.42. The van der Waals surface area contributed by atoms with E-state index in [9.17, 15) is 0 Å². The van der Waals surface area contributed by atoms with Gasteiger partial charge in [-0.2, -0.15) is 0 Å². The molecule has 2 heterocycles. The maximum atomic E-state index is 5.89. The number of pyridine rings is 1. The first kappa shape index (κ1) is 12.7. The highest BCUT2D eigenvalue weighted by molar-refractivity contribution is 6.29. The van der Waals surface area contributed by atoms with Crippen LogP contribution in [-0.2, 0) is 0 Å². The Balaban J connectivity index is 2.11. The summed E-state index contributed by atoms with van der Waals surface area (Å²) in [5, 5.41) is 0.572. The molecule has 2 rings (SSSR count). The fourth-order valence-corrected chi connectivity index (χ4v) is 2.68. The number of aromatic nitrogens is 1. The minimum absolute atomic E-state index is 0.572. The van der Waals surface area contributed by atoms with E-state index in [2.05, 4.69) is 35.8 Å². The van der Waals surface area contributed by atoms with Crippen molar-refractivity contribution in [3.8, 4) is 0 Å².